The van der Waals surface area contributed by atoms with E-state index in [4.69, 9.17) is 19.2 Å². The fourth-order valence-electron chi connectivity index (χ4n) is 5.65. The number of anilines is 1. The van der Waals surface area contributed by atoms with Gasteiger partial charge in [0.15, 0.2) is 0 Å². The van der Waals surface area contributed by atoms with Crippen molar-refractivity contribution >= 4 is 17.4 Å². The van der Waals surface area contributed by atoms with Gasteiger partial charge in [-0.15, -0.1) is 0 Å². The van der Waals surface area contributed by atoms with Crippen LogP contribution in [0.3, 0.4) is 0 Å². The third kappa shape index (κ3) is 4.55. The second-order valence-corrected chi connectivity index (χ2v) is 10.1. The first-order chi connectivity index (χ1) is 17.6. The number of carbonyl (C=O) groups is 1. The van der Waals surface area contributed by atoms with Crippen LogP contribution in [0.15, 0.2) is 29.4 Å². The van der Waals surface area contributed by atoms with Crippen LogP contribution in [0, 0.1) is 17.8 Å². The van der Waals surface area contributed by atoms with Gasteiger partial charge in [0.2, 0.25) is 0 Å². The molecule has 6 rings (SSSR count). The number of aliphatic imine (C=N–C) groups is 1. The summed E-state index contributed by atoms with van der Waals surface area (Å²) in [6.45, 7) is 6.03. The van der Waals surface area contributed by atoms with Crippen molar-refractivity contribution in [1.82, 2.24) is 20.3 Å². The molecule has 0 unspecified atom stereocenters. The molecule has 10 nitrogen and oxygen atoms in total. The predicted octanol–water partition coefficient (Wildman–Crippen LogP) is 1.88. The number of carbonyl (C=O) groups excluding carboxylic acids is 1. The summed E-state index contributed by atoms with van der Waals surface area (Å²) >= 11 is 0. The summed E-state index contributed by atoms with van der Waals surface area (Å²) in [5.41, 5.74) is 3.76. The molecule has 190 valence electrons. The van der Waals surface area contributed by atoms with Gasteiger partial charge in [0.1, 0.15) is 17.6 Å². The Labute approximate surface area is 210 Å². The van der Waals surface area contributed by atoms with Gasteiger partial charge < -0.3 is 24.4 Å². The Kier molecular flexibility index (Phi) is 6.30. The molecule has 10 heteroatoms. The number of methoxy groups -OCH3 is 1. The van der Waals surface area contributed by atoms with Gasteiger partial charge in [-0.05, 0) is 31.9 Å². The number of rotatable bonds is 8. The number of nitrogens with one attached hydrogen (secondary N) is 1. The van der Waals surface area contributed by atoms with Gasteiger partial charge in [-0.1, -0.05) is 0 Å². The van der Waals surface area contributed by atoms with Gasteiger partial charge in [0.25, 0.3) is 5.91 Å². The van der Waals surface area contributed by atoms with Gasteiger partial charge in [-0.2, -0.15) is 9.97 Å². The smallest absolute Gasteiger partial charge is 0.319 e. The molecule has 0 bridgehead atoms. The Balaban J connectivity index is 1.17. The summed E-state index contributed by atoms with van der Waals surface area (Å²) in [6, 6.07) is 6.26. The number of amides is 1. The van der Waals surface area contributed by atoms with E-state index < -0.39 is 0 Å². The molecule has 1 amide bonds. The molecular formula is C26H32N6O4. The van der Waals surface area contributed by atoms with Crippen molar-refractivity contribution in [3.05, 3.63) is 41.3 Å². The maximum Gasteiger partial charge on any atom is 0.319 e. The second-order valence-electron chi connectivity index (χ2n) is 10.1. The van der Waals surface area contributed by atoms with Crippen LogP contribution in [0.1, 0.15) is 41.5 Å². The molecule has 36 heavy (non-hydrogen) atoms. The minimum Gasteiger partial charge on any atom is -0.458 e. The van der Waals surface area contributed by atoms with Crippen LogP contribution >= 0.6 is 0 Å². The Morgan fingerprint density at radius 1 is 1.25 bits per heavy atom. The number of fused-ring (bicyclic) bond motifs is 2. The fourth-order valence-corrected chi connectivity index (χ4v) is 5.65. The van der Waals surface area contributed by atoms with Crippen molar-refractivity contribution in [1.29, 1.82) is 0 Å². The van der Waals surface area contributed by atoms with Crippen LogP contribution in [0.5, 0.6) is 6.01 Å². The maximum absolute atomic E-state index is 13.1. The van der Waals surface area contributed by atoms with E-state index in [0.717, 1.165) is 31.6 Å². The summed E-state index contributed by atoms with van der Waals surface area (Å²) in [5.74, 6) is 1.76. The number of piperidine rings is 1. The number of ether oxygens (including phenoxy) is 3. The van der Waals surface area contributed by atoms with Crippen molar-refractivity contribution in [3.8, 4) is 6.01 Å². The van der Waals surface area contributed by atoms with Crippen molar-refractivity contribution in [2.45, 2.75) is 38.5 Å². The molecule has 2 saturated heterocycles. The third-order valence-electron chi connectivity index (χ3n) is 7.65. The van der Waals surface area contributed by atoms with Crippen LogP contribution < -0.4 is 15.0 Å². The zero-order valence-corrected chi connectivity index (χ0v) is 20.7. The summed E-state index contributed by atoms with van der Waals surface area (Å²) < 4.78 is 16.6. The van der Waals surface area contributed by atoms with Crippen molar-refractivity contribution in [2.24, 2.45) is 22.7 Å². The van der Waals surface area contributed by atoms with Crippen LogP contribution in [0.4, 0.5) is 5.82 Å². The van der Waals surface area contributed by atoms with Gasteiger partial charge >= 0.3 is 6.01 Å². The van der Waals surface area contributed by atoms with Gasteiger partial charge in [0.05, 0.1) is 32.1 Å². The number of hydrogen-bond donors (Lipinski definition) is 1. The van der Waals surface area contributed by atoms with Gasteiger partial charge in [-0.3, -0.25) is 14.8 Å². The molecule has 0 aromatic carbocycles. The molecule has 3 fully saturated rings. The lowest BCUT2D eigenvalue weighted by Crippen LogP contribution is -2.37. The first kappa shape index (κ1) is 23.3. The minimum atomic E-state index is -0.235. The monoisotopic (exact) mass is 492 g/mol. The van der Waals surface area contributed by atoms with E-state index in [2.05, 4.69) is 31.2 Å². The molecular weight excluding hydrogens is 460 g/mol. The standard InChI is InChI=1S/C26H32N6O4/c1-15(12-34-2)36-26-29-20(25(33)31-24-18-13-35-14-19(18)24)10-22(30-26)32-8-5-16(6-9-32)23-17-4-3-7-27-21(17)11-28-23/h3-4,7,10,15-16,18-19,24H,5-6,8-9,11-14H2,1-2H3,(H,31,33)/t15-,18-,19+,24+/m1/s1. The van der Waals surface area contributed by atoms with E-state index in [1.165, 1.54) is 11.3 Å². The molecule has 1 aliphatic carbocycles. The molecule has 0 radical (unpaired) electrons. The molecule has 2 aromatic rings. The van der Waals surface area contributed by atoms with Crippen molar-refractivity contribution < 1.29 is 19.0 Å². The summed E-state index contributed by atoms with van der Waals surface area (Å²) in [4.78, 5) is 33.7. The Bertz CT molecular complexity index is 1150. The van der Waals surface area contributed by atoms with E-state index in [-0.39, 0.29) is 24.1 Å². The van der Waals surface area contributed by atoms with Crippen LogP contribution in [-0.2, 0) is 16.0 Å². The average Bonchev–Trinajstić information content (AvgIpc) is 3.23. The molecule has 4 aliphatic rings. The highest BCUT2D eigenvalue weighted by molar-refractivity contribution is 6.04. The summed E-state index contributed by atoms with van der Waals surface area (Å²) in [5, 5.41) is 3.13. The van der Waals surface area contributed by atoms with E-state index in [0.29, 0.717) is 55.6 Å². The molecule has 1 N–H and O–H groups in total. The minimum absolute atomic E-state index is 0.168. The van der Waals surface area contributed by atoms with Crippen molar-refractivity contribution in [2.75, 3.05) is 44.9 Å². The van der Waals surface area contributed by atoms with Gasteiger partial charge in [-0.25, -0.2) is 0 Å². The number of nitrogens with zero attached hydrogens (tertiary/aromatic N) is 5. The summed E-state index contributed by atoms with van der Waals surface area (Å²) in [7, 11) is 1.62. The van der Waals surface area contributed by atoms with Crippen LogP contribution in [-0.4, -0.2) is 78.7 Å². The highest BCUT2D eigenvalue weighted by Gasteiger charge is 2.54. The fraction of sp³-hybridized carbons (Fsp3) is 0.577. The van der Waals surface area contributed by atoms with Crippen LogP contribution in [0.2, 0.25) is 0 Å². The van der Waals surface area contributed by atoms with Gasteiger partial charge in [0, 0.05) is 67.5 Å². The molecule has 1 saturated carbocycles. The molecule has 5 heterocycles. The highest BCUT2D eigenvalue weighted by Crippen LogP contribution is 2.44. The molecule has 2 aromatic heterocycles. The zero-order chi connectivity index (χ0) is 24.6. The van der Waals surface area contributed by atoms with Crippen LogP contribution in [0.25, 0.3) is 0 Å². The Morgan fingerprint density at radius 3 is 2.83 bits per heavy atom. The predicted molar refractivity (Wildman–Crippen MR) is 132 cm³/mol. The topological polar surface area (TPSA) is 111 Å². The van der Waals surface area contributed by atoms with E-state index in [1.54, 1.807) is 13.2 Å². The number of hydrogen-bond acceptors (Lipinski definition) is 9. The van der Waals surface area contributed by atoms with E-state index in [1.807, 2.05) is 19.2 Å². The number of aromatic nitrogens is 3. The Hall–Kier alpha value is -3.11. The normalized spacial score (nSPS) is 25.7. The lowest BCUT2D eigenvalue weighted by atomic mass is 9.88. The first-order valence-corrected chi connectivity index (χ1v) is 12.8. The highest BCUT2D eigenvalue weighted by atomic mass is 16.5. The maximum atomic E-state index is 13.1. The van der Waals surface area contributed by atoms with Crippen molar-refractivity contribution in [3.63, 3.8) is 0 Å². The third-order valence-corrected chi connectivity index (χ3v) is 7.65. The van der Waals surface area contributed by atoms with E-state index >= 15 is 0 Å². The molecule has 3 aliphatic heterocycles. The SMILES string of the molecule is COC[C@@H](C)Oc1nc(C(=O)N[C@H]2[C@@H]3COC[C@@H]32)cc(N2CCC(C3=NCc4ncccc43)CC2)n1. The summed E-state index contributed by atoms with van der Waals surface area (Å²) in [6.07, 6.45) is 3.51. The number of pyridine rings is 1. The lowest BCUT2D eigenvalue weighted by molar-refractivity contribution is 0.0840. The first-order valence-electron chi connectivity index (χ1n) is 12.8. The average molecular weight is 493 g/mol. The lowest BCUT2D eigenvalue weighted by Gasteiger charge is -2.33. The quantitative estimate of drug-likeness (QED) is 0.595. The second kappa shape index (κ2) is 9.74. The largest absolute Gasteiger partial charge is 0.458 e. The Morgan fingerprint density at radius 2 is 2.06 bits per heavy atom. The molecule has 4 atom stereocenters. The molecule has 0 spiro atoms. The zero-order valence-electron chi connectivity index (χ0n) is 20.7. The van der Waals surface area contributed by atoms with E-state index in [9.17, 15) is 4.79 Å².